The lowest BCUT2D eigenvalue weighted by molar-refractivity contribution is -0.140. The highest BCUT2D eigenvalue weighted by atomic mass is 35.5. The van der Waals surface area contributed by atoms with Crippen molar-refractivity contribution in [3.05, 3.63) is 46.2 Å². The largest absolute Gasteiger partial charge is 0.481 e. The minimum atomic E-state index is -1.31. The van der Waals surface area contributed by atoms with Crippen LogP contribution in [0.15, 0.2) is 30.5 Å². The summed E-state index contributed by atoms with van der Waals surface area (Å²) in [6.07, 6.45) is 0.927. The predicted octanol–water partition coefficient (Wildman–Crippen LogP) is 2.61. The molecule has 0 aliphatic heterocycles. The second-order valence-corrected chi connectivity index (χ2v) is 8.42. The van der Waals surface area contributed by atoms with E-state index >= 15 is 0 Å². The number of rotatable bonds is 9. The van der Waals surface area contributed by atoms with E-state index in [-0.39, 0.29) is 23.0 Å². The molecule has 3 aromatic rings. The number of nitrogens with zero attached hydrogens (tertiary/aromatic N) is 3. The van der Waals surface area contributed by atoms with Gasteiger partial charge in [-0.3, -0.25) is 9.59 Å². The van der Waals surface area contributed by atoms with Crippen molar-refractivity contribution in [3.63, 3.8) is 0 Å². The van der Waals surface area contributed by atoms with Gasteiger partial charge in [0.2, 0.25) is 0 Å². The van der Waals surface area contributed by atoms with E-state index < -0.39 is 23.9 Å². The quantitative estimate of drug-likeness (QED) is 0.340. The number of aromatic nitrogens is 2. The molecule has 0 fully saturated rings. The molecule has 0 saturated carbocycles. The normalized spacial score (nSPS) is 11.8. The van der Waals surface area contributed by atoms with Gasteiger partial charge in [0, 0.05) is 25.4 Å². The van der Waals surface area contributed by atoms with Gasteiger partial charge in [0.25, 0.3) is 5.91 Å². The third kappa shape index (κ3) is 5.62. The molecule has 168 valence electrons. The summed E-state index contributed by atoms with van der Waals surface area (Å²) < 4.78 is 0. The number of carbonyl (C=O) groups excluding carboxylic acids is 1. The zero-order chi connectivity index (χ0) is 23.4. The summed E-state index contributed by atoms with van der Waals surface area (Å²) in [5.41, 5.74) is 7.93. The first kappa shape index (κ1) is 23.2. The minimum absolute atomic E-state index is 0.0820. The number of nitrogens with two attached hydrogens (primary N) is 1. The molecule has 3 rings (SSSR count). The zero-order valence-electron chi connectivity index (χ0n) is 16.9. The van der Waals surface area contributed by atoms with Crippen LogP contribution in [-0.4, -0.2) is 51.1 Å². The number of benzene rings is 1. The van der Waals surface area contributed by atoms with Crippen LogP contribution in [0.5, 0.6) is 0 Å². The maximum Gasteiger partial charge on any atom is 0.326 e. The van der Waals surface area contributed by atoms with Crippen LogP contribution < -0.4 is 16.0 Å². The number of nitrogen functional groups attached to an aromatic ring is 1. The van der Waals surface area contributed by atoms with Crippen molar-refractivity contribution in [1.29, 1.82) is 0 Å². The molecule has 2 heterocycles. The molecule has 32 heavy (non-hydrogen) atoms. The van der Waals surface area contributed by atoms with Gasteiger partial charge in [-0.2, -0.15) is 0 Å². The number of hydrogen-bond acceptors (Lipinski definition) is 8. The monoisotopic (exact) mass is 477 g/mol. The number of carboxylic acids is 2. The van der Waals surface area contributed by atoms with Crippen molar-refractivity contribution >= 4 is 62.4 Å². The van der Waals surface area contributed by atoms with E-state index in [9.17, 15) is 19.5 Å². The van der Waals surface area contributed by atoms with Gasteiger partial charge in [0.1, 0.15) is 11.0 Å². The van der Waals surface area contributed by atoms with Crippen LogP contribution in [0.2, 0.25) is 5.15 Å². The molecular weight excluding hydrogens is 458 g/mol. The molecule has 0 aliphatic carbocycles. The number of carbonyl (C=O) groups is 3. The zero-order valence-corrected chi connectivity index (χ0v) is 18.5. The lowest BCUT2D eigenvalue weighted by atomic mass is 10.1. The Kier molecular flexibility index (Phi) is 7.11. The van der Waals surface area contributed by atoms with Gasteiger partial charge in [-0.25, -0.2) is 14.8 Å². The van der Waals surface area contributed by atoms with Gasteiger partial charge in [-0.05, 0) is 30.2 Å². The van der Waals surface area contributed by atoms with Gasteiger partial charge >= 0.3 is 11.9 Å². The highest BCUT2D eigenvalue weighted by Gasteiger charge is 2.23. The second kappa shape index (κ2) is 9.79. The fourth-order valence-corrected chi connectivity index (χ4v) is 3.89. The Hall–Kier alpha value is -3.44. The first-order valence-corrected chi connectivity index (χ1v) is 10.6. The van der Waals surface area contributed by atoms with Gasteiger partial charge in [-0.15, -0.1) is 0 Å². The number of amides is 1. The van der Waals surface area contributed by atoms with Crippen LogP contribution in [0.25, 0.3) is 10.9 Å². The molecule has 1 atom stereocenters. The predicted molar refractivity (Wildman–Crippen MR) is 121 cm³/mol. The number of pyridine rings is 1. The Labute approximate surface area is 191 Å². The highest BCUT2D eigenvalue weighted by Crippen LogP contribution is 2.26. The van der Waals surface area contributed by atoms with E-state index in [2.05, 4.69) is 15.3 Å². The van der Waals surface area contributed by atoms with Crippen molar-refractivity contribution in [2.24, 2.45) is 0 Å². The minimum Gasteiger partial charge on any atom is -0.481 e. The van der Waals surface area contributed by atoms with Crippen LogP contribution in [0.4, 0.5) is 10.7 Å². The summed E-state index contributed by atoms with van der Waals surface area (Å²) in [7, 11) is 1.83. The number of aliphatic carboxylic acids is 2. The Morgan fingerprint density at radius 1 is 1.28 bits per heavy atom. The lowest BCUT2D eigenvalue weighted by Gasteiger charge is -2.17. The molecule has 0 radical (unpaired) electrons. The van der Waals surface area contributed by atoms with Gasteiger partial charge in [0.15, 0.2) is 10.2 Å². The second-order valence-electron chi connectivity index (χ2n) is 7.05. The van der Waals surface area contributed by atoms with Crippen LogP contribution >= 0.6 is 22.9 Å². The van der Waals surface area contributed by atoms with Gasteiger partial charge < -0.3 is 26.2 Å². The van der Waals surface area contributed by atoms with Crippen LogP contribution in [-0.2, 0) is 16.1 Å². The summed E-state index contributed by atoms with van der Waals surface area (Å²) >= 11 is 7.06. The summed E-state index contributed by atoms with van der Waals surface area (Å²) in [6.45, 7) is 0.512. The van der Waals surface area contributed by atoms with Crippen LogP contribution in [0.1, 0.15) is 28.2 Å². The standard InChI is InChI=1S/C20H20ClN5O5S/c1-26(9-10-2-3-13-11(6-10)7-12(22)17(21)24-13)15-8-23-19(32-15)18(29)25-14(20(30)31)4-5-16(27)28/h2-3,6-8,14H,4-5,9,22H2,1H3,(H,25,29)(H,27,28)(H,30,31)/t14-/m0/s1. The van der Waals surface area contributed by atoms with E-state index in [0.717, 1.165) is 27.8 Å². The van der Waals surface area contributed by atoms with E-state index in [1.54, 1.807) is 6.07 Å². The lowest BCUT2D eigenvalue weighted by Crippen LogP contribution is -2.41. The molecule has 0 unspecified atom stereocenters. The molecule has 0 spiro atoms. The Morgan fingerprint density at radius 3 is 2.72 bits per heavy atom. The highest BCUT2D eigenvalue weighted by molar-refractivity contribution is 7.17. The molecule has 0 aliphatic rings. The van der Waals surface area contributed by atoms with E-state index in [4.69, 9.17) is 22.4 Å². The molecule has 5 N–H and O–H groups in total. The first-order valence-electron chi connectivity index (χ1n) is 9.41. The molecule has 0 saturated heterocycles. The van der Waals surface area contributed by atoms with E-state index in [1.807, 2.05) is 30.1 Å². The number of nitrogens with one attached hydrogen (secondary N) is 1. The van der Waals surface area contributed by atoms with Crippen LogP contribution in [0.3, 0.4) is 0 Å². The average molecular weight is 478 g/mol. The van der Waals surface area contributed by atoms with Crippen molar-refractivity contribution in [1.82, 2.24) is 15.3 Å². The third-order valence-corrected chi connectivity index (χ3v) is 6.01. The average Bonchev–Trinajstić information content (AvgIpc) is 3.22. The van der Waals surface area contributed by atoms with E-state index in [0.29, 0.717) is 17.2 Å². The van der Waals surface area contributed by atoms with E-state index in [1.165, 1.54) is 6.20 Å². The third-order valence-electron chi connectivity index (χ3n) is 4.59. The first-order chi connectivity index (χ1) is 15.1. The molecule has 0 bridgehead atoms. The maximum atomic E-state index is 12.4. The smallest absolute Gasteiger partial charge is 0.326 e. The maximum absolute atomic E-state index is 12.4. The number of hydrogen-bond donors (Lipinski definition) is 4. The molecule has 2 aromatic heterocycles. The number of halogens is 1. The Morgan fingerprint density at radius 2 is 2.03 bits per heavy atom. The topological polar surface area (TPSA) is 159 Å². The van der Waals surface area contributed by atoms with Crippen molar-refractivity contribution in [2.45, 2.75) is 25.4 Å². The summed E-state index contributed by atoms with van der Waals surface area (Å²) in [4.78, 5) is 44.5. The van der Waals surface area contributed by atoms with Crippen LogP contribution in [0, 0.1) is 0 Å². The fraction of sp³-hybridized carbons (Fsp3) is 0.250. The molecular formula is C20H20ClN5O5S. The van der Waals surface area contributed by atoms with Crippen molar-refractivity contribution in [2.75, 3.05) is 17.7 Å². The van der Waals surface area contributed by atoms with Gasteiger partial charge in [-0.1, -0.05) is 29.0 Å². The molecule has 12 heteroatoms. The molecule has 1 amide bonds. The summed E-state index contributed by atoms with van der Waals surface area (Å²) in [6, 6.07) is 6.15. The van der Waals surface area contributed by atoms with Crippen molar-refractivity contribution < 1.29 is 24.6 Å². The SMILES string of the molecule is CN(Cc1ccc2nc(Cl)c(N)cc2c1)c1cnc(C(=O)N[C@@H](CCC(=O)O)C(=O)O)s1. The Bertz CT molecular complexity index is 1180. The number of thiazole rings is 1. The number of carboxylic acid groups (broad SMARTS) is 2. The number of fused-ring (bicyclic) bond motifs is 1. The fourth-order valence-electron chi connectivity index (χ4n) is 2.96. The molecule has 1 aromatic carbocycles. The Balaban J connectivity index is 1.68. The summed E-state index contributed by atoms with van der Waals surface area (Å²) in [5.74, 6) is -3.11. The van der Waals surface area contributed by atoms with Gasteiger partial charge in [0.05, 0.1) is 17.4 Å². The summed E-state index contributed by atoms with van der Waals surface area (Å²) in [5, 5.41) is 22.1. The molecule has 10 nitrogen and oxygen atoms in total. The number of anilines is 2. The van der Waals surface area contributed by atoms with Crippen molar-refractivity contribution in [3.8, 4) is 0 Å².